The van der Waals surface area contributed by atoms with Gasteiger partial charge in [-0.15, -0.1) is 0 Å². The van der Waals surface area contributed by atoms with Crippen molar-refractivity contribution in [3.05, 3.63) is 0 Å². The van der Waals surface area contributed by atoms with Gasteiger partial charge in [-0.05, 0) is 156 Å². The number of fused-ring (bicyclic) bond motifs is 7. The minimum absolute atomic E-state index is 0.627. The molecule has 0 spiro atoms. The fraction of sp³-hybridized carbons (Fsp3) is 1.00. The summed E-state index contributed by atoms with van der Waals surface area (Å²) < 4.78 is 6.87. The lowest BCUT2D eigenvalue weighted by Crippen LogP contribution is -2.56. The molecule has 8 aliphatic carbocycles. The molecule has 2 saturated heterocycles. The Bertz CT molecular complexity index is 1110. The molecule has 0 bridgehead atoms. The van der Waals surface area contributed by atoms with Crippen molar-refractivity contribution in [3.8, 4) is 0 Å². The molecule has 0 amide bonds. The van der Waals surface area contributed by atoms with E-state index in [2.05, 4.69) is 16.7 Å². The average molecular weight is 718 g/mol. The molecule has 3 heteroatoms. The van der Waals surface area contributed by atoms with Crippen LogP contribution >= 0.6 is 11.8 Å². The van der Waals surface area contributed by atoms with Crippen molar-refractivity contribution < 1.29 is 4.74 Å². The predicted octanol–water partition coefficient (Wildman–Crippen LogP) is 13.0. The third-order valence-corrected chi connectivity index (χ3v) is 21.1. The number of ether oxygens (including phenoxy) is 1. The summed E-state index contributed by atoms with van der Waals surface area (Å²) >= 11 is 2.60. The Morgan fingerprint density at radius 1 is 0.333 bits per heavy atom. The van der Waals surface area contributed by atoms with Crippen LogP contribution in [0.15, 0.2) is 0 Å². The van der Waals surface area contributed by atoms with Crippen LogP contribution < -0.4 is 0 Å². The van der Waals surface area contributed by atoms with Crippen molar-refractivity contribution in [1.82, 2.24) is 4.90 Å². The Kier molecular flexibility index (Phi) is 11.2. The van der Waals surface area contributed by atoms with E-state index in [1.165, 1.54) is 89.9 Å². The van der Waals surface area contributed by atoms with Crippen molar-refractivity contribution in [1.29, 1.82) is 0 Å². The maximum absolute atomic E-state index is 6.87. The molecule has 8 saturated carbocycles. The van der Waals surface area contributed by atoms with Gasteiger partial charge in [0, 0.05) is 34.5 Å². The van der Waals surface area contributed by atoms with Gasteiger partial charge in [-0.3, -0.25) is 4.90 Å². The standard InChI is InChI=1S/C48H79NOS/c1-3-12-32(13-4-1)33-22-26-36(27-23-33)49(43-20-9-7-16-38(43)34-14-5-2-6-15-34)37-28-24-35(25-29-37)39-18-11-19-40-41-30-31-45-46(48(41)51-47(39)40)42-17-8-10-21-44(42)50-45/h32-48H,1-31H2. The molecule has 0 N–H and O–H groups in total. The molecule has 10 fully saturated rings. The molecule has 2 nitrogen and oxygen atoms in total. The normalized spacial score (nSPS) is 49.9. The zero-order valence-corrected chi connectivity index (χ0v) is 33.8. The fourth-order valence-electron chi connectivity index (χ4n) is 16.8. The smallest absolute Gasteiger partial charge is 0.0621 e. The topological polar surface area (TPSA) is 12.5 Å². The molecule has 51 heavy (non-hydrogen) atoms. The van der Waals surface area contributed by atoms with Gasteiger partial charge in [-0.1, -0.05) is 96.3 Å². The maximum atomic E-state index is 6.87. The summed E-state index contributed by atoms with van der Waals surface area (Å²) in [4.78, 5) is 3.41. The van der Waals surface area contributed by atoms with Crippen LogP contribution in [0.3, 0.4) is 0 Å². The lowest BCUT2D eigenvalue weighted by molar-refractivity contribution is -0.0385. The highest BCUT2D eigenvalue weighted by Crippen LogP contribution is 2.63. The summed E-state index contributed by atoms with van der Waals surface area (Å²) in [6.07, 6.45) is 48.7. The molecule has 288 valence electrons. The molecule has 10 aliphatic rings. The van der Waals surface area contributed by atoms with Crippen LogP contribution in [0.25, 0.3) is 0 Å². The Morgan fingerprint density at radius 3 is 1.61 bits per heavy atom. The molecule has 2 heterocycles. The van der Waals surface area contributed by atoms with E-state index in [1.807, 2.05) is 0 Å². The van der Waals surface area contributed by atoms with Gasteiger partial charge < -0.3 is 4.74 Å². The lowest BCUT2D eigenvalue weighted by atomic mass is 9.62. The van der Waals surface area contributed by atoms with Gasteiger partial charge in [0.05, 0.1) is 12.2 Å². The maximum Gasteiger partial charge on any atom is 0.0621 e. The van der Waals surface area contributed by atoms with Gasteiger partial charge in [0.1, 0.15) is 0 Å². The molecule has 0 aromatic carbocycles. The first-order valence-corrected chi connectivity index (χ1v) is 25.3. The SMILES string of the molecule is C1CCC(C2CCC(N(C3CCC(C4CCCC5C6CCC7OC8CCCCC8C7C6SC45)CC3)C3CCCCC3C3CCCCC3)CC2)CC1. The van der Waals surface area contributed by atoms with E-state index in [0.717, 1.165) is 87.8 Å². The minimum atomic E-state index is 0.627. The Hall–Kier alpha value is 0.270. The molecule has 0 radical (unpaired) electrons. The number of hydrogen-bond donors (Lipinski definition) is 0. The summed E-state index contributed by atoms with van der Waals surface area (Å²) in [6, 6.07) is 2.75. The van der Waals surface area contributed by atoms with Crippen LogP contribution in [-0.2, 0) is 4.74 Å². The summed E-state index contributed by atoms with van der Waals surface area (Å²) in [6.45, 7) is 0. The summed E-state index contributed by atoms with van der Waals surface area (Å²) in [5.74, 6) is 10.2. The van der Waals surface area contributed by atoms with Crippen LogP contribution in [0, 0.1) is 59.2 Å². The van der Waals surface area contributed by atoms with E-state index >= 15 is 0 Å². The second kappa shape index (κ2) is 16.0. The summed E-state index contributed by atoms with van der Waals surface area (Å²) in [5.41, 5.74) is 0. The molecule has 11 atom stereocenters. The van der Waals surface area contributed by atoms with Crippen molar-refractivity contribution in [2.75, 3.05) is 0 Å². The summed E-state index contributed by atoms with van der Waals surface area (Å²) in [5, 5.41) is 1.95. The van der Waals surface area contributed by atoms with Crippen LogP contribution in [-0.4, -0.2) is 45.7 Å². The van der Waals surface area contributed by atoms with E-state index in [9.17, 15) is 0 Å². The van der Waals surface area contributed by atoms with Gasteiger partial charge >= 0.3 is 0 Å². The van der Waals surface area contributed by atoms with Crippen molar-refractivity contribution >= 4 is 11.8 Å². The Balaban J connectivity index is 0.835. The van der Waals surface area contributed by atoms with Crippen LogP contribution in [0.5, 0.6) is 0 Å². The minimum Gasteiger partial charge on any atom is -0.374 e. The molecular formula is C48H79NOS. The lowest BCUT2D eigenvalue weighted by Gasteiger charge is -2.54. The van der Waals surface area contributed by atoms with Gasteiger partial charge in [-0.25, -0.2) is 0 Å². The van der Waals surface area contributed by atoms with Crippen molar-refractivity contribution in [2.24, 2.45) is 59.2 Å². The molecule has 10 rings (SSSR count). The van der Waals surface area contributed by atoms with E-state index in [-0.39, 0.29) is 0 Å². The zero-order valence-electron chi connectivity index (χ0n) is 33.0. The highest BCUT2D eigenvalue weighted by atomic mass is 32.2. The third kappa shape index (κ3) is 7.01. The second-order valence-electron chi connectivity index (χ2n) is 21.2. The number of thioether (sulfide) groups is 1. The van der Waals surface area contributed by atoms with Crippen LogP contribution in [0.2, 0.25) is 0 Å². The van der Waals surface area contributed by atoms with Crippen molar-refractivity contribution in [3.63, 3.8) is 0 Å². The van der Waals surface area contributed by atoms with Gasteiger partial charge in [-0.2, -0.15) is 11.8 Å². The Labute approximate surface area is 319 Å². The second-order valence-corrected chi connectivity index (χ2v) is 22.6. The summed E-state index contributed by atoms with van der Waals surface area (Å²) in [7, 11) is 0. The van der Waals surface area contributed by atoms with Crippen LogP contribution in [0.1, 0.15) is 199 Å². The van der Waals surface area contributed by atoms with Gasteiger partial charge in [0.15, 0.2) is 0 Å². The third-order valence-electron chi connectivity index (χ3n) is 19.1. The quantitative estimate of drug-likeness (QED) is 0.271. The zero-order chi connectivity index (χ0) is 33.7. The highest BCUT2D eigenvalue weighted by molar-refractivity contribution is 8.00. The molecule has 0 aromatic heterocycles. The van der Waals surface area contributed by atoms with E-state index < -0.39 is 0 Å². The highest BCUT2D eigenvalue weighted by Gasteiger charge is 2.60. The number of rotatable bonds is 6. The molecule has 2 aliphatic heterocycles. The first-order valence-electron chi connectivity index (χ1n) is 24.4. The van der Waals surface area contributed by atoms with E-state index in [1.54, 1.807) is 109 Å². The largest absolute Gasteiger partial charge is 0.374 e. The monoisotopic (exact) mass is 718 g/mol. The average Bonchev–Trinajstić information content (AvgIpc) is 3.78. The fourth-order valence-corrected chi connectivity index (χ4v) is 19.4. The Morgan fingerprint density at radius 2 is 0.863 bits per heavy atom. The van der Waals surface area contributed by atoms with Crippen molar-refractivity contribution in [2.45, 2.75) is 240 Å². The molecule has 0 aromatic rings. The van der Waals surface area contributed by atoms with E-state index in [0.29, 0.717) is 12.2 Å². The molecular weight excluding hydrogens is 639 g/mol. The van der Waals surface area contributed by atoms with Gasteiger partial charge in [0.25, 0.3) is 0 Å². The first-order chi connectivity index (χ1) is 25.3. The van der Waals surface area contributed by atoms with E-state index in [4.69, 9.17) is 4.74 Å². The van der Waals surface area contributed by atoms with Gasteiger partial charge in [0.2, 0.25) is 0 Å². The first kappa shape index (κ1) is 35.7. The number of nitrogens with zero attached hydrogens (tertiary/aromatic N) is 1. The predicted molar refractivity (Wildman–Crippen MR) is 215 cm³/mol. The number of hydrogen-bond acceptors (Lipinski definition) is 3. The van der Waals surface area contributed by atoms with Crippen LogP contribution in [0.4, 0.5) is 0 Å². The molecule has 11 unspecified atom stereocenters.